The highest BCUT2D eigenvalue weighted by Crippen LogP contribution is 1.97. The second kappa shape index (κ2) is 6.28. The molecule has 0 aromatic carbocycles. The van der Waals surface area contributed by atoms with E-state index in [1.54, 1.807) is 0 Å². The topological polar surface area (TPSA) is 68.1 Å². The van der Waals surface area contributed by atoms with E-state index in [0.717, 1.165) is 0 Å². The van der Waals surface area contributed by atoms with E-state index in [4.69, 9.17) is 0 Å². The van der Waals surface area contributed by atoms with Crippen molar-refractivity contribution >= 4 is 0 Å². The van der Waals surface area contributed by atoms with E-state index < -0.39 is 6.04 Å². The first-order valence-corrected chi connectivity index (χ1v) is 2.95. The number of hydrogen-bond donors (Lipinski definition) is 0. The lowest BCUT2D eigenvalue weighted by atomic mass is 10.2. The Balaban J connectivity index is 3.38. The molecule has 0 saturated carbocycles. The van der Waals surface area contributed by atoms with Crippen molar-refractivity contribution in [2.75, 3.05) is 20.3 Å². The SMILES string of the molecule is COCC(CCN=O)N=O. The smallest absolute Gasteiger partial charge is 0.117 e. The Morgan fingerprint density at radius 1 is 1.50 bits per heavy atom. The van der Waals surface area contributed by atoms with Gasteiger partial charge in [-0.2, -0.15) is 9.81 Å². The number of nitroso groups, excluding NO2 is 2. The van der Waals surface area contributed by atoms with Crippen LogP contribution in [-0.4, -0.2) is 26.3 Å². The molecule has 0 fully saturated rings. The summed E-state index contributed by atoms with van der Waals surface area (Å²) in [7, 11) is 1.48. The number of hydrogen-bond acceptors (Lipinski definition) is 5. The number of methoxy groups -OCH3 is 1. The van der Waals surface area contributed by atoms with Crippen molar-refractivity contribution in [1.29, 1.82) is 0 Å². The summed E-state index contributed by atoms with van der Waals surface area (Å²) in [6, 6.07) is -0.428. The molecule has 0 N–H and O–H groups in total. The van der Waals surface area contributed by atoms with Crippen LogP contribution >= 0.6 is 0 Å². The molecule has 0 heterocycles. The molecule has 0 radical (unpaired) electrons. The van der Waals surface area contributed by atoms with Crippen molar-refractivity contribution < 1.29 is 4.74 Å². The van der Waals surface area contributed by atoms with Gasteiger partial charge in [-0.25, -0.2) is 0 Å². The molecule has 1 atom stereocenters. The third-order valence-corrected chi connectivity index (χ3v) is 1.06. The largest absolute Gasteiger partial charge is 0.382 e. The van der Waals surface area contributed by atoms with Gasteiger partial charge in [0.2, 0.25) is 0 Å². The van der Waals surface area contributed by atoms with Crippen molar-refractivity contribution in [2.24, 2.45) is 10.4 Å². The molecule has 58 valence electrons. The Bertz CT molecular complexity index is 107. The van der Waals surface area contributed by atoms with Crippen LogP contribution in [0.15, 0.2) is 10.4 Å². The van der Waals surface area contributed by atoms with Gasteiger partial charge in [0, 0.05) is 7.11 Å². The number of ether oxygens (including phenoxy) is 1. The molecule has 0 aliphatic carbocycles. The van der Waals surface area contributed by atoms with Crippen LogP contribution in [0.3, 0.4) is 0 Å². The fourth-order valence-corrected chi connectivity index (χ4v) is 0.561. The van der Waals surface area contributed by atoms with Crippen molar-refractivity contribution in [3.8, 4) is 0 Å². The highest BCUT2D eigenvalue weighted by atomic mass is 16.5. The Hall–Kier alpha value is -0.840. The maximum atomic E-state index is 9.93. The average Bonchev–Trinajstić information content (AvgIpc) is 1.98. The van der Waals surface area contributed by atoms with Crippen LogP contribution in [0.2, 0.25) is 0 Å². The normalized spacial score (nSPS) is 12.5. The standard InChI is InChI=1S/C5H10N2O3/c1-10-4-5(7-9)2-3-6-8/h5H,2-4H2,1H3. The van der Waals surface area contributed by atoms with Gasteiger partial charge >= 0.3 is 0 Å². The van der Waals surface area contributed by atoms with Crippen molar-refractivity contribution in [1.82, 2.24) is 0 Å². The van der Waals surface area contributed by atoms with Crippen LogP contribution in [0.4, 0.5) is 0 Å². The molecule has 5 heteroatoms. The van der Waals surface area contributed by atoms with Crippen LogP contribution in [-0.2, 0) is 4.74 Å². The van der Waals surface area contributed by atoms with E-state index in [1.165, 1.54) is 7.11 Å². The first kappa shape index (κ1) is 9.16. The van der Waals surface area contributed by atoms with Crippen LogP contribution in [0, 0.1) is 9.81 Å². The van der Waals surface area contributed by atoms with Gasteiger partial charge in [-0.3, -0.25) is 0 Å². The fourth-order valence-electron chi connectivity index (χ4n) is 0.561. The van der Waals surface area contributed by atoms with E-state index in [0.29, 0.717) is 6.42 Å². The maximum absolute atomic E-state index is 9.93. The van der Waals surface area contributed by atoms with Gasteiger partial charge in [0.15, 0.2) is 0 Å². The summed E-state index contributed by atoms with van der Waals surface area (Å²) in [6.45, 7) is 0.388. The molecule has 0 aliphatic heterocycles. The zero-order valence-corrected chi connectivity index (χ0v) is 5.82. The summed E-state index contributed by atoms with van der Waals surface area (Å²) in [5, 5.41) is 5.34. The van der Waals surface area contributed by atoms with E-state index in [9.17, 15) is 9.81 Å². The van der Waals surface area contributed by atoms with Gasteiger partial charge < -0.3 is 4.74 Å². The molecule has 0 amide bonds. The Labute approximate surface area is 58.7 Å². The molecule has 0 rings (SSSR count). The van der Waals surface area contributed by atoms with Gasteiger partial charge in [-0.15, -0.1) is 0 Å². The number of rotatable bonds is 6. The van der Waals surface area contributed by atoms with Gasteiger partial charge in [0.05, 0.1) is 13.2 Å². The molecular weight excluding hydrogens is 136 g/mol. The zero-order valence-electron chi connectivity index (χ0n) is 5.82. The maximum Gasteiger partial charge on any atom is 0.117 e. The van der Waals surface area contributed by atoms with Gasteiger partial charge in [0.25, 0.3) is 0 Å². The van der Waals surface area contributed by atoms with Crippen LogP contribution in [0.1, 0.15) is 6.42 Å². The van der Waals surface area contributed by atoms with Crippen LogP contribution < -0.4 is 0 Å². The second-order valence-corrected chi connectivity index (χ2v) is 1.86. The minimum Gasteiger partial charge on any atom is -0.382 e. The molecule has 0 spiro atoms. The summed E-state index contributed by atoms with van der Waals surface area (Å²) in [5.74, 6) is 0. The van der Waals surface area contributed by atoms with E-state index in [2.05, 4.69) is 15.1 Å². The Morgan fingerprint density at radius 3 is 2.60 bits per heavy atom. The molecule has 0 saturated heterocycles. The van der Waals surface area contributed by atoms with Crippen molar-refractivity contribution in [3.63, 3.8) is 0 Å². The minimum atomic E-state index is -0.428. The highest BCUT2D eigenvalue weighted by molar-refractivity contribution is 4.65. The fraction of sp³-hybridized carbons (Fsp3) is 1.00. The third-order valence-electron chi connectivity index (χ3n) is 1.06. The summed E-state index contributed by atoms with van der Waals surface area (Å²) in [4.78, 5) is 19.5. The highest BCUT2D eigenvalue weighted by Gasteiger charge is 2.06. The van der Waals surface area contributed by atoms with Crippen molar-refractivity contribution in [2.45, 2.75) is 12.5 Å². The van der Waals surface area contributed by atoms with E-state index >= 15 is 0 Å². The summed E-state index contributed by atoms with van der Waals surface area (Å²) in [5.41, 5.74) is 0. The predicted molar refractivity (Wildman–Crippen MR) is 36.7 cm³/mol. The average molecular weight is 146 g/mol. The quantitative estimate of drug-likeness (QED) is 0.523. The summed E-state index contributed by atoms with van der Waals surface area (Å²) < 4.78 is 4.65. The summed E-state index contributed by atoms with van der Waals surface area (Å²) >= 11 is 0. The van der Waals surface area contributed by atoms with Gasteiger partial charge in [-0.05, 0) is 6.42 Å². The number of nitrogens with zero attached hydrogens (tertiary/aromatic N) is 2. The molecule has 0 aromatic heterocycles. The second-order valence-electron chi connectivity index (χ2n) is 1.86. The molecule has 10 heavy (non-hydrogen) atoms. The first-order valence-electron chi connectivity index (χ1n) is 2.95. The lowest BCUT2D eigenvalue weighted by Crippen LogP contribution is -2.12. The molecule has 0 aliphatic rings. The van der Waals surface area contributed by atoms with Gasteiger partial charge in [0.1, 0.15) is 6.04 Å². The van der Waals surface area contributed by atoms with Crippen LogP contribution in [0.5, 0.6) is 0 Å². The minimum absolute atomic E-state index is 0.125. The zero-order chi connectivity index (χ0) is 7.82. The Kier molecular flexibility index (Phi) is 5.75. The third kappa shape index (κ3) is 4.08. The Morgan fingerprint density at radius 2 is 2.20 bits per heavy atom. The monoisotopic (exact) mass is 146 g/mol. The molecule has 0 aromatic rings. The van der Waals surface area contributed by atoms with E-state index in [-0.39, 0.29) is 13.2 Å². The lowest BCUT2D eigenvalue weighted by Gasteiger charge is -2.02. The molecular formula is C5H10N2O3. The van der Waals surface area contributed by atoms with Gasteiger partial charge in [-0.1, -0.05) is 10.4 Å². The first-order chi connectivity index (χ1) is 4.85. The molecule has 0 bridgehead atoms. The summed E-state index contributed by atoms with van der Waals surface area (Å²) in [6.07, 6.45) is 0.376. The molecule has 1 unspecified atom stereocenters. The lowest BCUT2D eigenvalue weighted by molar-refractivity contribution is 0.178. The predicted octanol–water partition coefficient (Wildman–Crippen LogP) is 0.924. The molecule has 5 nitrogen and oxygen atoms in total. The van der Waals surface area contributed by atoms with E-state index in [1.807, 2.05) is 0 Å². The van der Waals surface area contributed by atoms with Crippen molar-refractivity contribution in [3.05, 3.63) is 9.81 Å². The van der Waals surface area contributed by atoms with Crippen LogP contribution in [0.25, 0.3) is 0 Å².